The Kier molecular flexibility index (Phi) is 4.20. The summed E-state index contributed by atoms with van der Waals surface area (Å²) in [6, 6.07) is 8.18. The number of carbonyl (C=O) groups excluding carboxylic acids is 1. The highest BCUT2D eigenvalue weighted by molar-refractivity contribution is 6.10. The molecule has 0 saturated heterocycles. The highest BCUT2D eigenvalue weighted by Gasteiger charge is 2.14. The number of ether oxygens (including phenoxy) is 1. The molecule has 1 heterocycles. The van der Waals surface area contributed by atoms with E-state index in [2.05, 4.69) is 4.98 Å². The predicted octanol–water partition coefficient (Wildman–Crippen LogP) is 2.73. The maximum Gasteiger partial charge on any atom is 0.352 e. The Hall–Kier alpha value is -2.56. The molecule has 1 aromatic heterocycles. The van der Waals surface area contributed by atoms with Crippen molar-refractivity contribution in [3.8, 4) is 5.75 Å². The molecule has 0 atom stereocenters. The van der Waals surface area contributed by atoms with Gasteiger partial charge in [0, 0.05) is 17.3 Å². The number of aromatic carboxylic acids is 1. The number of aromatic nitrogens is 1. The van der Waals surface area contributed by atoms with Gasteiger partial charge in [0.05, 0.1) is 6.61 Å². The van der Waals surface area contributed by atoms with Gasteiger partial charge in [-0.1, -0.05) is 19.1 Å². The second kappa shape index (κ2) is 6.06. The number of aromatic amines is 1. The summed E-state index contributed by atoms with van der Waals surface area (Å²) in [5.41, 5.74) is 0.774. The highest BCUT2D eigenvalue weighted by atomic mass is 16.5. The molecule has 0 saturated carbocycles. The molecule has 0 radical (unpaired) electrons. The number of ketones is 1. The Morgan fingerprint density at radius 3 is 2.70 bits per heavy atom. The quantitative estimate of drug-likeness (QED) is 0.793. The van der Waals surface area contributed by atoms with Crippen LogP contribution in [-0.2, 0) is 0 Å². The Morgan fingerprint density at radius 2 is 2.05 bits per heavy atom. The van der Waals surface area contributed by atoms with Crippen LogP contribution in [0.5, 0.6) is 5.75 Å². The Bertz CT molecular complexity index is 630. The zero-order chi connectivity index (χ0) is 14.5. The molecule has 0 unspecified atom stereocenters. The minimum absolute atomic E-state index is 0.00765. The van der Waals surface area contributed by atoms with E-state index < -0.39 is 5.97 Å². The first-order valence-corrected chi connectivity index (χ1v) is 6.31. The van der Waals surface area contributed by atoms with E-state index in [0.29, 0.717) is 23.5 Å². The average Bonchev–Trinajstić information content (AvgIpc) is 2.94. The third kappa shape index (κ3) is 3.06. The minimum atomic E-state index is -1.09. The van der Waals surface area contributed by atoms with Crippen LogP contribution in [0.15, 0.2) is 36.5 Å². The maximum atomic E-state index is 12.2. The van der Waals surface area contributed by atoms with Crippen LogP contribution in [-0.4, -0.2) is 28.4 Å². The van der Waals surface area contributed by atoms with Gasteiger partial charge in [-0.3, -0.25) is 4.79 Å². The molecule has 0 aliphatic heterocycles. The monoisotopic (exact) mass is 273 g/mol. The lowest BCUT2D eigenvalue weighted by atomic mass is 10.1. The summed E-state index contributed by atoms with van der Waals surface area (Å²) >= 11 is 0. The van der Waals surface area contributed by atoms with Gasteiger partial charge in [0.2, 0.25) is 0 Å². The molecule has 0 bridgehead atoms. The second-order valence-electron chi connectivity index (χ2n) is 4.31. The highest BCUT2D eigenvalue weighted by Crippen LogP contribution is 2.17. The van der Waals surface area contributed by atoms with Gasteiger partial charge < -0.3 is 14.8 Å². The molecule has 2 aromatic rings. The van der Waals surface area contributed by atoms with Gasteiger partial charge >= 0.3 is 5.97 Å². The molecule has 0 aliphatic rings. The molecule has 0 spiro atoms. The summed E-state index contributed by atoms with van der Waals surface area (Å²) < 4.78 is 5.47. The summed E-state index contributed by atoms with van der Waals surface area (Å²) in [5, 5.41) is 8.83. The van der Waals surface area contributed by atoms with Crippen LogP contribution in [0.1, 0.15) is 39.8 Å². The number of carboxylic acids is 1. The standard InChI is InChI=1S/C15H15NO4/c1-2-6-20-12-5-3-4-10(7-12)14(17)11-8-13(15(18)19)16-9-11/h3-5,7-9,16H,2,6H2,1H3,(H,18,19). The molecular weight excluding hydrogens is 258 g/mol. The van der Waals surface area contributed by atoms with E-state index in [0.717, 1.165) is 6.42 Å². The van der Waals surface area contributed by atoms with Gasteiger partial charge in [0.1, 0.15) is 11.4 Å². The number of carbonyl (C=O) groups is 2. The summed E-state index contributed by atoms with van der Waals surface area (Å²) in [4.78, 5) is 25.6. The first-order chi connectivity index (χ1) is 9.61. The van der Waals surface area contributed by atoms with Crippen LogP contribution in [0.25, 0.3) is 0 Å². The Labute approximate surface area is 116 Å². The molecule has 2 rings (SSSR count). The minimum Gasteiger partial charge on any atom is -0.494 e. The van der Waals surface area contributed by atoms with Crippen molar-refractivity contribution in [1.29, 1.82) is 0 Å². The van der Waals surface area contributed by atoms with Crippen molar-refractivity contribution in [3.05, 3.63) is 53.3 Å². The van der Waals surface area contributed by atoms with Crippen LogP contribution >= 0.6 is 0 Å². The smallest absolute Gasteiger partial charge is 0.352 e. The van der Waals surface area contributed by atoms with E-state index >= 15 is 0 Å². The van der Waals surface area contributed by atoms with Gasteiger partial charge in [0.25, 0.3) is 0 Å². The van der Waals surface area contributed by atoms with Crippen molar-refractivity contribution in [2.45, 2.75) is 13.3 Å². The van der Waals surface area contributed by atoms with Crippen molar-refractivity contribution in [1.82, 2.24) is 4.98 Å². The van der Waals surface area contributed by atoms with Crippen LogP contribution in [0.2, 0.25) is 0 Å². The summed E-state index contributed by atoms with van der Waals surface area (Å²) in [5.74, 6) is -0.702. The normalized spacial score (nSPS) is 10.2. The van der Waals surface area contributed by atoms with Crippen molar-refractivity contribution < 1.29 is 19.4 Å². The molecule has 0 fully saturated rings. The number of H-pyrrole nitrogens is 1. The van der Waals surface area contributed by atoms with Crippen molar-refractivity contribution in [3.63, 3.8) is 0 Å². The first kappa shape index (κ1) is 13.9. The number of carboxylic acid groups (broad SMARTS) is 1. The SMILES string of the molecule is CCCOc1cccc(C(=O)c2c[nH]c(C(=O)O)c2)c1. The molecule has 1 aromatic carbocycles. The lowest BCUT2D eigenvalue weighted by Crippen LogP contribution is -2.01. The number of nitrogens with one attached hydrogen (secondary N) is 1. The molecule has 20 heavy (non-hydrogen) atoms. The zero-order valence-corrected chi connectivity index (χ0v) is 11.1. The van der Waals surface area contributed by atoms with Crippen LogP contribution in [0.3, 0.4) is 0 Å². The Balaban J connectivity index is 2.21. The topological polar surface area (TPSA) is 79.4 Å². The maximum absolute atomic E-state index is 12.2. The fourth-order valence-electron chi connectivity index (χ4n) is 1.76. The molecule has 2 N–H and O–H groups in total. The third-order valence-electron chi connectivity index (χ3n) is 2.74. The molecule has 104 valence electrons. The molecular formula is C15H15NO4. The molecule has 5 nitrogen and oxygen atoms in total. The predicted molar refractivity (Wildman–Crippen MR) is 73.4 cm³/mol. The molecule has 0 amide bonds. The third-order valence-corrected chi connectivity index (χ3v) is 2.74. The van der Waals surface area contributed by atoms with E-state index in [1.54, 1.807) is 24.3 Å². The Morgan fingerprint density at radius 1 is 1.25 bits per heavy atom. The van der Waals surface area contributed by atoms with Crippen molar-refractivity contribution in [2.75, 3.05) is 6.61 Å². The largest absolute Gasteiger partial charge is 0.494 e. The number of hydrogen-bond donors (Lipinski definition) is 2. The van der Waals surface area contributed by atoms with Gasteiger partial charge in [0.15, 0.2) is 5.78 Å². The van der Waals surface area contributed by atoms with Crippen LogP contribution in [0.4, 0.5) is 0 Å². The van der Waals surface area contributed by atoms with E-state index in [4.69, 9.17) is 9.84 Å². The van der Waals surface area contributed by atoms with Crippen LogP contribution < -0.4 is 4.74 Å². The summed E-state index contributed by atoms with van der Waals surface area (Å²) in [6.07, 6.45) is 2.28. The summed E-state index contributed by atoms with van der Waals surface area (Å²) in [7, 11) is 0. The fraction of sp³-hybridized carbons (Fsp3) is 0.200. The number of rotatable bonds is 6. The van der Waals surface area contributed by atoms with Gasteiger partial charge in [-0.25, -0.2) is 4.79 Å². The van der Waals surface area contributed by atoms with E-state index in [-0.39, 0.29) is 11.5 Å². The van der Waals surface area contributed by atoms with E-state index in [1.165, 1.54) is 12.3 Å². The van der Waals surface area contributed by atoms with Crippen molar-refractivity contribution in [2.24, 2.45) is 0 Å². The average molecular weight is 273 g/mol. The zero-order valence-electron chi connectivity index (χ0n) is 11.1. The molecule has 5 heteroatoms. The number of benzene rings is 1. The lowest BCUT2D eigenvalue weighted by Gasteiger charge is -2.05. The second-order valence-corrected chi connectivity index (χ2v) is 4.31. The van der Waals surface area contributed by atoms with Gasteiger partial charge in [-0.05, 0) is 24.6 Å². The van der Waals surface area contributed by atoms with E-state index in [9.17, 15) is 9.59 Å². The first-order valence-electron chi connectivity index (χ1n) is 6.31. The number of hydrogen-bond acceptors (Lipinski definition) is 3. The summed E-state index contributed by atoms with van der Waals surface area (Å²) in [6.45, 7) is 2.59. The van der Waals surface area contributed by atoms with Crippen LogP contribution in [0, 0.1) is 0 Å². The van der Waals surface area contributed by atoms with Crippen molar-refractivity contribution >= 4 is 11.8 Å². The molecule has 0 aliphatic carbocycles. The van der Waals surface area contributed by atoms with Gasteiger partial charge in [-0.2, -0.15) is 0 Å². The fourth-order valence-corrected chi connectivity index (χ4v) is 1.76. The van der Waals surface area contributed by atoms with Gasteiger partial charge in [-0.15, -0.1) is 0 Å². The lowest BCUT2D eigenvalue weighted by molar-refractivity contribution is 0.0691. The van der Waals surface area contributed by atoms with E-state index in [1.807, 2.05) is 6.92 Å².